The van der Waals surface area contributed by atoms with Crippen LogP contribution in [0.4, 0.5) is 10.1 Å². The number of nitrogens with one attached hydrogen (secondary N) is 1. The lowest BCUT2D eigenvalue weighted by Gasteiger charge is -2.10. The molecule has 132 valence electrons. The molecular formula is C16H14ClFN2O5. The first kappa shape index (κ1) is 18.5. The highest BCUT2D eigenvalue weighted by atomic mass is 35.5. The van der Waals surface area contributed by atoms with Gasteiger partial charge in [0, 0.05) is 24.2 Å². The van der Waals surface area contributed by atoms with E-state index in [9.17, 15) is 19.3 Å². The summed E-state index contributed by atoms with van der Waals surface area (Å²) in [6.45, 7) is -0.333. The molecule has 0 aromatic heterocycles. The summed E-state index contributed by atoms with van der Waals surface area (Å²) in [6, 6.07) is 8.71. The number of nitrogens with zero attached hydrogens (tertiary/aromatic N) is 1. The quantitative estimate of drug-likeness (QED) is 0.599. The third-order valence-corrected chi connectivity index (χ3v) is 3.52. The summed E-state index contributed by atoms with van der Waals surface area (Å²) >= 11 is 5.51. The lowest BCUT2D eigenvalue weighted by Crippen LogP contribution is -2.28. The molecule has 2 aromatic carbocycles. The Labute approximate surface area is 147 Å². The van der Waals surface area contributed by atoms with E-state index in [1.54, 1.807) is 24.3 Å². The van der Waals surface area contributed by atoms with Gasteiger partial charge in [0.2, 0.25) is 5.75 Å². The predicted octanol–water partition coefficient (Wildman–Crippen LogP) is 3.09. The summed E-state index contributed by atoms with van der Waals surface area (Å²) in [5.41, 5.74) is 0.228. The number of hydrogen-bond acceptors (Lipinski definition) is 5. The maximum absolute atomic E-state index is 13.5. The van der Waals surface area contributed by atoms with Gasteiger partial charge in [-0.05, 0) is 6.07 Å². The number of halogens is 2. The summed E-state index contributed by atoms with van der Waals surface area (Å²) in [4.78, 5) is 22.0. The third kappa shape index (κ3) is 4.80. The number of ether oxygens (including phenoxy) is 2. The molecule has 0 bridgehead atoms. The van der Waals surface area contributed by atoms with E-state index in [2.05, 4.69) is 5.32 Å². The van der Waals surface area contributed by atoms with Crippen LogP contribution in [0.3, 0.4) is 0 Å². The maximum Gasteiger partial charge on any atom is 0.312 e. The molecule has 0 radical (unpaired) electrons. The molecule has 9 heteroatoms. The molecule has 25 heavy (non-hydrogen) atoms. The Morgan fingerprint density at radius 3 is 2.72 bits per heavy atom. The van der Waals surface area contributed by atoms with Gasteiger partial charge in [-0.15, -0.1) is 0 Å². The van der Waals surface area contributed by atoms with Crippen molar-refractivity contribution in [2.24, 2.45) is 0 Å². The average Bonchev–Trinajstić information content (AvgIpc) is 2.60. The van der Waals surface area contributed by atoms with Crippen LogP contribution >= 0.6 is 11.6 Å². The first-order valence-electron chi connectivity index (χ1n) is 7.07. The molecule has 1 N–H and O–H groups in total. The van der Waals surface area contributed by atoms with Crippen LogP contribution < -0.4 is 14.8 Å². The minimum Gasteiger partial charge on any atom is -0.496 e. The van der Waals surface area contributed by atoms with Crippen molar-refractivity contribution in [3.05, 3.63) is 62.9 Å². The van der Waals surface area contributed by atoms with Crippen molar-refractivity contribution < 1.29 is 23.6 Å². The second kappa shape index (κ2) is 8.29. The average molecular weight is 369 g/mol. The van der Waals surface area contributed by atoms with Gasteiger partial charge in [0.1, 0.15) is 11.6 Å². The van der Waals surface area contributed by atoms with E-state index >= 15 is 0 Å². The molecule has 0 heterocycles. The monoisotopic (exact) mass is 368 g/mol. The Bertz CT molecular complexity index is 800. The van der Waals surface area contributed by atoms with Crippen LogP contribution in [0, 0.1) is 15.9 Å². The fourth-order valence-corrected chi connectivity index (χ4v) is 2.17. The van der Waals surface area contributed by atoms with Gasteiger partial charge in [0.15, 0.2) is 6.61 Å². The summed E-state index contributed by atoms with van der Waals surface area (Å²) in [5, 5.41) is 13.1. The SMILES string of the molecule is COc1ccccc1CNC(=O)COc1cc(F)c(Cl)cc1[N+](=O)[O-]. The first-order valence-corrected chi connectivity index (χ1v) is 7.45. The van der Waals surface area contributed by atoms with Crippen LogP contribution in [0.15, 0.2) is 36.4 Å². The number of nitro groups is 1. The number of methoxy groups -OCH3 is 1. The van der Waals surface area contributed by atoms with Crippen molar-refractivity contribution in [1.82, 2.24) is 5.32 Å². The molecule has 0 saturated carbocycles. The van der Waals surface area contributed by atoms with Crippen molar-refractivity contribution in [3.8, 4) is 11.5 Å². The Balaban J connectivity index is 1.98. The molecule has 2 aromatic rings. The maximum atomic E-state index is 13.5. The van der Waals surface area contributed by atoms with Gasteiger partial charge in [0.25, 0.3) is 5.91 Å². The highest BCUT2D eigenvalue weighted by Gasteiger charge is 2.20. The Morgan fingerprint density at radius 2 is 2.04 bits per heavy atom. The minimum absolute atomic E-state index is 0.184. The molecule has 2 rings (SSSR count). The Kier molecular flexibility index (Phi) is 6.13. The second-order valence-electron chi connectivity index (χ2n) is 4.87. The Morgan fingerprint density at radius 1 is 1.32 bits per heavy atom. The van der Waals surface area contributed by atoms with E-state index in [-0.39, 0.29) is 12.3 Å². The predicted molar refractivity (Wildman–Crippen MR) is 88.4 cm³/mol. The second-order valence-corrected chi connectivity index (χ2v) is 5.28. The molecule has 0 saturated heterocycles. The zero-order valence-electron chi connectivity index (χ0n) is 13.1. The molecule has 7 nitrogen and oxygen atoms in total. The number of carbonyl (C=O) groups excluding carboxylic acids is 1. The van der Waals surface area contributed by atoms with Gasteiger partial charge in [-0.25, -0.2) is 4.39 Å². The molecule has 0 aliphatic rings. The lowest BCUT2D eigenvalue weighted by molar-refractivity contribution is -0.385. The van der Waals surface area contributed by atoms with Crippen molar-refractivity contribution >= 4 is 23.2 Å². The lowest BCUT2D eigenvalue weighted by atomic mass is 10.2. The molecule has 0 fully saturated rings. The van der Waals surface area contributed by atoms with Gasteiger partial charge in [-0.2, -0.15) is 0 Å². The van der Waals surface area contributed by atoms with Crippen LogP contribution in [0.1, 0.15) is 5.56 Å². The van der Waals surface area contributed by atoms with Gasteiger partial charge in [-0.1, -0.05) is 29.8 Å². The smallest absolute Gasteiger partial charge is 0.312 e. The number of para-hydroxylation sites is 1. The zero-order valence-corrected chi connectivity index (χ0v) is 13.9. The van der Waals surface area contributed by atoms with Crippen LogP contribution in [-0.2, 0) is 11.3 Å². The summed E-state index contributed by atoms with van der Waals surface area (Å²) in [6.07, 6.45) is 0. The molecule has 1 amide bonds. The molecule has 0 unspecified atom stereocenters. The van der Waals surface area contributed by atoms with Gasteiger partial charge in [0.05, 0.1) is 17.1 Å². The highest BCUT2D eigenvalue weighted by molar-refractivity contribution is 6.31. The number of rotatable bonds is 7. The number of nitro benzene ring substituents is 1. The fraction of sp³-hybridized carbons (Fsp3) is 0.188. The Hall–Kier alpha value is -2.87. The van der Waals surface area contributed by atoms with Crippen molar-refractivity contribution in [3.63, 3.8) is 0 Å². The summed E-state index contributed by atoms with van der Waals surface area (Å²) in [7, 11) is 1.51. The van der Waals surface area contributed by atoms with Crippen molar-refractivity contribution in [2.45, 2.75) is 6.54 Å². The standard InChI is InChI=1S/C16H14ClFN2O5/c1-24-14-5-3-2-4-10(14)8-19-16(21)9-25-15-7-12(18)11(17)6-13(15)20(22)23/h2-7H,8-9H2,1H3,(H,19,21). The largest absolute Gasteiger partial charge is 0.496 e. The topological polar surface area (TPSA) is 90.7 Å². The zero-order chi connectivity index (χ0) is 18.4. The molecule has 0 spiro atoms. The van der Waals surface area contributed by atoms with Crippen LogP contribution in [0.2, 0.25) is 5.02 Å². The first-order chi connectivity index (χ1) is 11.9. The van der Waals surface area contributed by atoms with E-state index in [0.717, 1.165) is 17.7 Å². The normalized spacial score (nSPS) is 10.2. The molecule has 0 aliphatic carbocycles. The summed E-state index contributed by atoms with van der Waals surface area (Å²) in [5.74, 6) is -1.18. The van der Waals surface area contributed by atoms with Gasteiger partial charge >= 0.3 is 5.69 Å². The summed E-state index contributed by atoms with van der Waals surface area (Å²) < 4.78 is 23.7. The van der Waals surface area contributed by atoms with Crippen molar-refractivity contribution in [2.75, 3.05) is 13.7 Å². The van der Waals surface area contributed by atoms with Crippen LogP contribution in [-0.4, -0.2) is 24.5 Å². The molecular weight excluding hydrogens is 355 g/mol. The number of hydrogen-bond donors (Lipinski definition) is 1. The van der Waals surface area contributed by atoms with Crippen LogP contribution in [0.5, 0.6) is 11.5 Å². The van der Waals surface area contributed by atoms with E-state index in [1.165, 1.54) is 7.11 Å². The minimum atomic E-state index is -0.878. The molecule has 0 atom stereocenters. The van der Waals surface area contributed by atoms with E-state index in [4.69, 9.17) is 21.1 Å². The van der Waals surface area contributed by atoms with E-state index in [0.29, 0.717) is 5.75 Å². The number of amides is 1. The van der Waals surface area contributed by atoms with Gasteiger partial charge in [-0.3, -0.25) is 14.9 Å². The van der Waals surface area contributed by atoms with E-state index < -0.39 is 34.0 Å². The fourth-order valence-electron chi connectivity index (χ4n) is 2.01. The molecule has 0 aliphatic heterocycles. The van der Waals surface area contributed by atoms with Crippen LogP contribution in [0.25, 0.3) is 0 Å². The highest BCUT2D eigenvalue weighted by Crippen LogP contribution is 2.32. The van der Waals surface area contributed by atoms with Crippen molar-refractivity contribution in [1.29, 1.82) is 0 Å². The number of benzene rings is 2. The number of carbonyl (C=O) groups is 1. The van der Waals surface area contributed by atoms with Gasteiger partial charge < -0.3 is 14.8 Å². The third-order valence-electron chi connectivity index (χ3n) is 3.23. The van der Waals surface area contributed by atoms with E-state index in [1.807, 2.05) is 0 Å².